The number of thiophene rings is 1. The molecular formula is C22H21N3S. The summed E-state index contributed by atoms with van der Waals surface area (Å²) < 4.78 is 1.98. The predicted molar refractivity (Wildman–Crippen MR) is 109 cm³/mol. The average Bonchev–Trinajstić information content (AvgIpc) is 3.36. The van der Waals surface area contributed by atoms with Gasteiger partial charge in [0, 0.05) is 18.3 Å². The maximum atomic E-state index is 4.85. The largest absolute Gasteiger partial charge is 0.312 e. The zero-order valence-electron chi connectivity index (χ0n) is 14.5. The van der Waals surface area contributed by atoms with Crippen LogP contribution in [0.3, 0.4) is 0 Å². The Morgan fingerprint density at radius 3 is 2.38 bits per heavy atom. The van der Waals surface area contributed by atoms with E-state index in [1.54, 1.807) is 11.3 Å². The molecule has 0 saturated heterocycles. The van der Waals surface area contributed by atoms with Crippen molar-refractivity contribution in [3.8, 4) is 16.3 Å². The minimum Gasteiger partial charge on any atom is -0.312 e. The maximum absolute atomic E-state index is 4.85. The molecule has 0 radical (unpaired) electrons. The minimum absolute atomic E-state index is 0.812. The third-order valence-electron chi connectivity index (χ3n) is 4.31. The lowest BCUT2D eigenvalue weighted by Gasteiger charge is -2.05. The molecule has 1 N–H and O–H groups in total. The van der Waals surface area contributed by atoms with Crippen LogP contribution >= 0.6 is 11.3 Å². The van der Waals surface area contributed by atoms with Crippen molar-refractivity contribution in [2.45, 2.75) is 13.0 Å². The van der Waals surface area contributed by atoms with Crippen molar-refractivity contribution in [2.24, 2.45) is 0 Å². The van der Waals surface area contributed by atoms with Gasteiger partial charge >= 0.3 is 0 Å². The highest BCUT2D eigenvalue weighted by molar-refractivity contribution is 7.13. The number of nitrogens with one attached hydrogen (secondary N) is 1. The zero-order valence-corrected chi connectivity index (χ0v) is 15.3. The van der Waals surface area contributed by atoms with Gasteiger partial charge in [0.25, 0.3) is 0 Å². The summed E-state index contributed by atoms with van der Waals surface area (Å²) in [7, 11) is 0. The lowest BCUT2D eigenvalue weighted by molar-refractivity contribution is 0.687. The third kappa shape index (κ3) is 3.93. The fourth-order valence-corrected chi connectivity index (χ4v) is 3.72. The lowest BCUT2D eigenvalue weighted by Crippen LogP contribution is -2.16. The SMILES string of the molecule is c1ccc(CCNCc2cn(-c3ccccc3)nc2-c2cccs2)cc1. The smallest absolute Gasteiger partial charge is 0.107 e. The van der Waals surface area contributed by atoms with E-state index in [1.807, 2.05) is 22.9 Å². The highest BCUT2D eigenvalue weighted by Crippen LogP contribution is 2.27. The first-order valence-electron chi connectivity index (χ1n) is 8.82. The number of hydrogen-bond donors (Lipinski definition) is 1. The van der Waals surface area contributed by atoms with E-state index in [0.29, 0.717) is 0 Å². The van der Waals surface area contributed by atoms with Gasteiger partial charge in [-0.3, -0.25) is 0 Å². The molecule has 0 unspecified atom stereocenters. The number of hydrogen-bond acceptors (Lipinski definition) is 3. The molecule has 4 aromatic rings. The highest BCUT2D eigenvalue weighted by Gasteiger charge is 2.12. The molecule has 0 atom stereocenters. The summed E-state index contributed by atoms with van der Waals surface area (Å²) in [6.45, 7) is 1.76. The Hall–Kier alpha value is -2.69. The van der Waals surface area contributed by atoms with Crippen molar-refractivity contribution in [3.05, 3.63) is 95.5 Å². The van der Waals surface area contributed by atoms with Crippen LogP contribution in [-0.4, -0.2) is 16.3 Å². The number of rotatable bonds is 7. The fraction of sp³-hybridized carbons (Fsp3) is 0.136. The van der Waals surface area contributed by atoms with E-state index in [9.17, 15) is 0 Å². The monoisotopic (exact) mass is 359 g/mol. The normalized spacial score (nSPS) is 10.9. The average molecular weight is 359 g/mol. The fourth-order valence-electron chi connectivity index (χ4n) is 2.97. The molecule has 0 fully saturated rings. The quantitative estimate of drug-likeness (QED) is 0.474. The minimum atomic E-state index is 0.812. The summed E-state index contributed by atoms with van der Waals surface area (Å²) in [4.78, 5) is 1.21. The van der Waals surface area contributed by atoms with Gasteiger partial charge in [0.05, 0.1) is 10.6 Å². The number of benzene rings is 2. The Balaban J connectivity index is 1.50. The second-order valence-corrected chi connectivity index (χ2v) is 7.12. The summed E-state index contributed by atoms with van der Waals surface area (Å²) in [5, 5.41) is 10.5. The van der Waals surface area contributed by atoms with Gasteiger partial charge in [-0.25, -0.2) is 4.68 Å². The van der Waals surface area contributed by atoms with Gasteiger partial charge in [-0.15, -0.1) is 11.3 Å². The second kappa shape index (κ2) is 8.13. The summed E-state index contributed by atoms with van der Waals surface area (Å²) in [5.74, 6) is 0. The molecule has 0 aliphatic rings. The molecule has 0 saturated carbocycles. The highest BCUT2D eigenvalue weighted by atomic mass is 32.1. The molecule has 2 aromatic heterocycles. The van der Waals surface area contributed by atoms with Crippen LogP contribution in [0.4, 0.5) is 0 Å². The summed E-state index contributed by atoms with van der Waals surface area (Å²) in [6, 6.07) is 25.1. The molecular weight excluding hydrogens is 338 g/mol. The Morgan fingerprint density at radius 1 is 0.885 bits per heavy atom. The van der Waals surface area contributed by atoms with E-state index in [2.05, 4.69) is 71.5 Å². The van der Waals surface area contributed by atoms with Gasteiger partial charge in [0.1, 0.15) is 5.69 Å². The van der Waals surface area contributed by atoms with Gasteiger partial charge in [-0.1, -0.05) is 54.6 Å². The van der Waals surface area contributed by atoms with Crippen molar-refractivity contribution in [1.82, 2.24) is 15.1 Å². The first-order chi connectivity index (χ1) is 12.9. The van der Waals surface area contributed by atoms with Crippen LogP contribution in [0.5, 0.6) is 0 Å². The predicted octanol–water partition coefficient (Wildman–Crippen LogP) is 4.93. The van der Waals surface area contributed by atoms with Crippen molar-refractivity contribution >= 4 is 11.3 Å². The zero-order chi connectivity index (χ0) is 17.6. The molecule has 0 aliphatic carbocycles. The van der Waals surface area contributed by atoms with Crippen molar-refractivity contribution < 1.29 is 0 Å². The molecule has 130 valence electrons. The van der Waals surface area contributed by atoms with Gasteiger partial charge in [-0.2, -0.15) is 5.10 Å². The topological polar surface area (TPSA) is 29.9 Å². The molecule has 3 nitrogen and oxygen atoms in total. The van der Waals surface area contributed by atoms with E-state index in [0.717, 1.165) is 30.9 Å². The van der Waals surface area contributed by atoms with Gasteiger partial charge in [0.2, 0.25) is 0 Å². The first-order valence-corrected chi connectivity index (χ1v) is 9.70. The number of aromatic nitrogens is 2. The molecule has 0 spiro atoms. The molecule has 4 rings (SSSR count). The van der Waals surface area contributed by atoms with Crippen LogP contribution in [0.2, 0.25) is 0 Å². The van der Waals surface area contributed by atoms with Crippen LogP contribution in [0.15, 0.2) is 84.4 Å². The van der Waals surface area contributed by atoms with Gasteiger partial charge in [0.15, 0.2) is 0 Å². The summed E-state index contributed by atoms with van der Waals surface area (Å²) in [6.07, 6.45) is 3.17. The van der Waals surface area contributed by atoms with Crippen molar-refractivity contribution in [1.29, 1.82) is 0 Å². The Kier molecular flexibility index (Phi) is 5.24. The van der Waals surface area contributed by atoms with E-state index >= 15 is 0 Å². The van der Waals surface area contributed by atoms with Crippen LogP contribution in [0.1, 0.15) is 11.1 Å². The van der Waals surface area contributed by atoms with Gasteiger partial charge < -0.3 is 5.32 Å². The molecule has 2 aromatic carbocycles. The Morgan fingerprint density at radius 2 is 1.65 bits per heavy atom. The Labute approximate surface area is 157 Å². The molecule has 2 heterocycles. The molecule has 26 heavy (non-hydrogen) atoms. The molecule has 0 amide bonds. The molecule has 0 bridgehead atoms. The van der Waals surface area contributed by atoms with E-state index in [-0.39, 0.29) is 0 Å². The number of para-hydroxylation sites is 1. The number of nitrogens with zero attached hydrogens (tertiary/aromatic N) is 2. The third-order valence-corrected chi connectivity index (χ3v) is 5.19. The maximum Gasteiger partial charge on any atom is 0.107 e. The second-order valence-electron chi connectivity index (χ2n) is 6.17. The van der Waals surface area contributed by atoms with E-state index in [4.69, 9.17) is 5.10 Å². The lowest BCUT2D eigenvalue weighted by atomic mass is 10.1. The van der Waals surface area contributed by atoms with Crippen LogP contribution in [0.25, 0.3) is 16.3 Å². The van der Waals surface area contributed by atoms with Crippen LogP contribution in [-0.2, 0) is 13.0 Å². The summed E-state index contributed by atoms with van der Waals surface area (Å²) in [5.41, 5.74) is 4.74. The van der Waals surface area contributed by atoms with Gasteiger partial charge in [-0.05, 0) is 42.1 Å². The van der Waals surface area contributed by atoms with E-state index < -0.39 is 0 Å². The molecule has 4 heteroatoms. The van der Waals surface area contributed by atoms with Crippen molar-refractivity contribution in [3.63, 3.8) is 0 Å². The van der Waals surface area contributed by atoms with Crippen LogP contribution in [0, 0.1) is 0 Å². The summed E-state index contributed by atoms with van der Waals surface area (Å²) >= 11 is 1.73. The van der Waals surface area contributed by atoms with E-state index in [1.165, 1.54) is 16.0 Å². The first kappa shape index (κ1) is 16.8. The molecule has 0 aliphatic heterocycles. The van der Waals surface area contributed by atoms with Crippen molar-refractivity contribution in [2.75, 3.05) is 6.54 Å². The standard InChI is InChI=1S/C22H21N3S/c1-3-8-18(9-4-1)13-14-23-16-19-17-25(20-10-5-2-6-11-20)24-22(19)21-12-7-15-26-21/h1-12,15,17,23H,13-14,16H2. The van der Waals surface area contributed by atoms with Crippen LogP contribution < -0.4 is 5.32 Å². The Bertz CT molecular complexity index is 928.